The number of nitrogens with one attached hydrogen (secondary N) is 3. The average molecular weight is 316 g/mol. The maximum Gasteiger partial charge on any atom is 0.223 e. The molecule has 1 aliphatic heterocycles. The first-order valence-corrected chi connectivity index (χ1v) is 8.34. The quantitative estimate of drug-likeness (QED) is 0.717. The minimum atomic E-state index is -0.0541. The van der Waals surface area contributed by atoms with Crippen molar-refractivity contribution in [2.75, 3.05) is 19.6 Å². The van der Waals surface area contributed by atoms with Crippen LogP contribution in [0, 0.1) is 11.3 Å². The molecule has 3 rings (SSSR count). The second-order valence-electron chi connectivity index (χ2n) is 6.55. The molecule has 3 N–H and O–H groups in total. The summed E-state index contributed by atoms with van der Waals surface area (Å²) in [6.07, 6.45) is 6.94. The van der Waals surface area contributed by atoms with Crippen LogP contribution in [0.2, 0.25) is 0 Å². The van der Waals surface area contributed by atoms with Crippen LogP contribution < -0.4 is 16.0 Å². The number of carbonyl (C=O) groups excluding carboxylic acids is 2. The summed E-state index contributed by atoms with van der Waals surface area (Å²) < 4.78 is 0. The van der Waals surface area contributed by atoms with Crippen LogP contribution in [0.25, 0.3) is 0 Å². The molecule has 1 aromatic rings. The Balaban J connectivity index is 1.32. The van der Waals surface area contributed by atoms with E-state index < -0.39 is 0 Å². The summed E-state index contributed by atoms with van der Waals surface area (Å²) in [7, 11) is 0. The number of aromatic nitrogens is 1. The second kappa shape index (κ2) is 7.08. The van der Waals surface area contributed by atoms with Crippen LogP contribution in [0.3, 0.4) is 0 Å². The number of amides is 2. The van der Waals surface area contributed by atoms with Gasteiger partial charge in [-0.3, -0.25) is 14.6 Å². The van der Waals surface area contributed by atoms with E-state index in [1.807, 2.05) is 12.1 Å². The Kier molecular flexibility index (Phi) is 4.91. The zero-order valence-corrected chi connectivity index (χ0v) is 13.3. The van der Waals surface area contributed by atoms with Crippen LogP contribution in [0.1, 0.15) is 31.2 Å². The first kappa shape index (κ1) is 15.9. The molecule has 6 heteroatoms. The summed E-state index contributed by atoms with van der Waals surface area (Å²) in [5, 5.41) is 9.09. The maximum absolute atomic E-state index is 12.2. The lowest BCUT2D eigenvalue weighted by Gasteiger charge is -2.23. The third-order valence-electron chi connectivity index (χ3n) is 4.97. The highest BCUT2D eigenvalue weighted by molar-refractivity contribution is 5.83. The minimum absolute atomic E-state index is 0.0541. The van der Waals surface area contributed by atoms with Gasteiger partial charge in [-0.05, 0) is 49.4 Å². The zero-order valence-electron chi connectivity index (χ0n) is 13.3. The smallest absolute Gasteiger partial charge is 0.223 e. The average Bonchev–Trinajstić information content (AvgIpc) is 3.27. The highest BCUT2D eigenvalue weighted by atomic mass is 16.2. The van der Waals surface area contributed by atoms with Gasteiger partial charge in [-0.2, -0.15) is 0 Å². The van der Waals surface area contributed by atoms with E-state index in [0.29, 0.717) is 19.5 Å². The van der Waals surface area contributed by atoms with Crippen molar-refractivity contribution < 1.29 is 9.59 Å². The zero-order chi connectivity index (χ0) is 16.1. The molecule has 2 heterocycles. The first-order valence-electron chi connectivity index (χ1n) is 8.34. The van der Waals surface area contributed by atoms with Crippen LogP contribution in [0.5, 0.6) is 0 Å². The van der Waals surface area contributed by atoms with E-state index in [4.69, 9.17) is 0 Å². The Morgan fingerprint density at radius 3 is 2.87 bits per heavy atom. The van der Waals surface area contributed by atoms with E-state index in [9.17, 15) is 9.59 Å². The van der Waals surface area contributed by atoms with Gasteiger partial charge in [0.25, 0.3) is 0 Å². The Hall–Kier alpha value is -1.95. The van der Waals surface area contributed by atoms with Crippen LogP contribution in [-0.2, 0) is 16.1 Å². The molecule has 23 heavy (non-hydrogen) atoms. The Morgan fingerprint density at radius 2 is 2.13 bits per heavy atom. The summed E-state index contributed by atoms with van der Waals surface area (Å²) in [6, 6.07) is 3.76. The molecular weight excluding hydrogens is 292 g/mol. The summed E-state index contributed by atoms with van der Waals surface area (Å²) >= 11 is 0. The van der Waals surface area contributed by atoms with Gasteiger partial charge in [-0.15, -0.1) is 0 Å². The number of hydrogen-bond acceptors (Lipinski definition) is 4. The molecule has 0 radical (unpaired) electrons. The third kappa shape index (κ3) is 4.07. The van der Waals surface area contributed by atoms with Crippen molar-refractivity contribution in [3.8, 4) is 0 Å². The molecule has 1 aliphatic carbocycles. The monoisotopic (exact) mass is 316 g/mol. The normalized spacial score (nSPS) is 21.7. The predicted molar refractivity (Wildman–Crippen MR) is 86.4 cm³/mol. The van der Waals surface area contributed by atoms with Gasteiger partial charge in [-0.25, -0.2) is 0 Å². The fourth-order valence-electron chi connectivity index (χ4n) is 3.41. The van der Waals surface area contributed by atoms with Crippen molar-refractivity contribution >= 4 is 11.8 Å². The molecule has 1 saturated carbocycles. The van der Waals surface area contributed by atoms with Crippen molar-refractivity contribution in [1.29, 1.82) is 0 Å². The second-order valence-corrected chi connectivity index (χ2v) is 6.55. The topological polar surface area (TPSA) is 83.1 Å². The molecule has 0 aromatic carbocycles. The molecule has 1 aromatic heterocycles. The number of hydrogen-bond donors (Lipinski definition) is 3. The van der Waals surface area contributed by atoms with Crippen molar-refractivity contribution in [2.24, 2.45) is 11.3 Å². The van der Waals surface area contributed by atoms with E-state index in [1.54, 1.807) is 12.4 Å². The predicted octanol–water partition coefficient (Wildman–Crippen LogP) is 0.594. The minimum Gasteiger partial charge on any atom is -0.355 e. The molecule has 1 saturated heterocycles. The molecule has 2 amide bonds. The van der Waals surface area contributed by atoms with E-state index in [1.165, 1.54) is 0 Å². The maximum atomic E-state index is 12.2. The summed E-state index contributed by atoms with van der Waals surface area (Å²) in [5.74, 6) is 0.219. The fourth-order valence-corrected chi connectivity index (χ4v) is 3.41. The van der Waals surface area contributed by atoms with Gasteiger partial charge in [0.1, 0.15) is 0 Å². The fraction of sp³-hybridized carbons (Fsp3) is 0.588. The van der Waals surface area contributed by atoms with Gasteiger partial charge >= 0.3 is 0 Å². The van der Waals surface area contributed by atoms with Crippen LogP contribution >= 0.6 is 0 Å². The SMILES string of the molecule is O=C(CCNC(=O)C1CC12CCNCC2)NCc1cccnc1. The van der Waals surface area contributed by atoms with Crippen molar-refractivity contribution in [3.05, 3.63) is 30.1 Å². The van der Waals surface area contributed by atoms with E-state index in [-0.39, 0.29) is 23.1 Å². The summed E-state index contributed by atoms with van der Waals surface area (Å²) in [4.78, 5) is 28.0. The van der Waals surface area contributed by atoms with Crippen LogP contribution in [0.4, 0.5) is 0 Å². The number of rotatable bonds is 6. The molecule has 1 atom stereocenters. The number of piperidine rings is 1. The van der Waals surface area contributed by atoms with E-state index >= 15 is 0 Å². The Morgan fingerprint density at radius 1 is 1.30 bits per heavy atom. The number of pyridine rings is 1. The van der Waals surface area contributed by atoms with Gasteiger partial charge < -0.3 is 16.0 Å². The molecule has 124 valence electrons. The molecule has 1 unspecified atom stereocenters. The molecular formula is C17H24N4O2. The summed E-state index contributed by atoms with van der Waals surface area (Å²) in [6.45, 7) is 2.91. The third-order valence-corrected chi connectivity index (χ3v) is 4.97. The molecule has 2 aliphatic rings. The van der Waals surface area contributed by atoms with Gasteiger partial charge in [0.05, 0.1) is 0 Å². The molecule has 2 fully saturated rings. The molecule has 6 nitrogen and oxygen atoms in total. The number of carbonyl (C=O) groups is 2. The van der Waals surface area contributed by atoms with Crippen LogP contribution in [0.15, 0.2) is 24.5 Å². The Labute approximate surface area is 136 Å². The highest BCUT2D eigenvalue weighted by Gasteiger charge is 2.57. The standard InChI is InChI=1S/C17H24N4O2/c22-15(21-12-13-2-1-6-19-11-13)3-7-20-16(23)14-10-17(14)4-8-18-9-5-17/h1-2,6,11,14,18H,3-5,7-10,12H2,(H,20,23)(H,21,22). The Bertz CT molecular complexity index is 555. The first-order chi connectivity index (χ1) is 11.2. The molecule has 1 spiro atoms. The molecule has 0 bridgehead atoms. The number of nitrogens with zero attached hydrogens (tertiary/aromatic N) is 1. The van der Waals surface area contributed by atoms with E-state index in [2.05, 4.69) is 20.9 Å². The van der Waals surface area contributed by atoms with Crippen molar-refractivity contribution in [1.82, 2.24) is 20.9 Å². The lowest BCUT2D eigenvalue weighted by atomic mass is 9.92. The van der Waals surface area contributed by atoms with Gasteiger partial charge in [0, 0.05) is 37.8 Å². The van der Waals surface area contributed by atoms with Gasteiger partial charge in [0.2, 0.25) is 11.8 Å². The van der Waals surface area contributed by atoms with Crippen molar-refractivity contribution in [3.63, 3.8) is 0 Å². The lowest BCUT2D eigenvalue weighted by molar-refractivity contribution is -0.123. The lowest BCUT2D eigenvalue weighted by Crippen LogP contribution is -2.35. The van der Waals surface area contributed by atoms with E-state index in [0.717, 1.165) is 37.9 Å². The van der Waals surface area contributed by atoms with Crippen LogP contribution in [-0.4, -0.2) is 36.4 Å². The van der Waals surface area contributed by atoms with Crippen molar-refractivity contribution in [2.45, 2.75) is 32.2 Å². The highest BCUT2D eigenvalue weighted by Crippen LogP contribution is 2.58. The van der Waals surface area contributed by atoms with Gasteiger partial charge in [-0.1, -0.05) is 6.07 Å². The summed E-state index contributed by atoms with van der Waals surface area (Å²) in [5.41, 5.74) is 1.22. The largest absolute Gasteiger partial charge is 0.355 e. The van der Waals surface area contributed by atoms with Gasteiger partial charge in [0.15, 0.2) is 0 Å².